The average Bonchev–Trinajstić information content (AvgIpc) is 2.44. The zero-order valence-electron chi connectivity index (χ0n) is 12.1. The highest BCUT2D eigenvalue weighted by molar-refractivity contribution is 7.89. The van der Waals surface area contributed by atoms with E-state index in [1.807, 2.05) is 26.8 Å². The standard InChI is InChI=1S/C14H24N2O2S/c1-5-11(3)16(4)19(17,18)13-9-7-8-12(10-13)14(15)6-2/h7-11,14H,5-6,15H2,1-4H3. The van der Waals surface area contributed by atoms with E-state index in [0.29, 0.717) is 4.90 Å². The first-order chi connectivity index (χ1) is 8.84. The lowest BCUT2D eigenvalue weighted by atomic mass is 10.1. The van der Waals surface area contributed by atoms with Gasteiger partial charge in [0.15, 0.2) is 0 Å². The number of hydrogen-bond acceptors (Lipinski definition) is 3. The van der Waals surface area contributed by atoms with Gasteiger partial charge in [0, 0.05) is 19.1 Å². The lowest BCUT2D eigenvalue weighted by Gasteiger charge is -2.23. The van der Waals surface area contributed by atoms with Crippen LogP contribution in [-0.4, -0.2) is 25.8 Å². The van der Waals surface area contributed by atoms with Crippen molar-refractivity contribution < 1.29 is 8.42 Å². The van der Waals surface area contributed by atoms with E-state index in [1.54, 1.807) is 25.2 Å². The molecule has 1 aromatic rings. The van der Waals surface area contributed by atoms with Crippen LogP contribution < -0.4 is 5.73 Å². The smallest absolute Gasteiger partial charge is 0.243 e. The van der Waals surface area contributed by atoms with Crippen molar-refractivity contribution >= 4 is 10.0 Å². The monoisotopic (exact) mass is 284 g/mol. The lowest BCUT2D eigenvalue weighted by molar-refractivity contribution is 0.380. The Labute approximate surface area is 116 Å². The molecule has 1 aromatic carbocycles. The molecule has 0 heterocycles. The predicted octanol–water partition coefficient (Wildman–Crippen LogP) is 2.52. The fourth-order valence-electron chi connectivity index (χ4n) is 1.80. The first-order valence-corrected chi connectivity index (χ1v) is 8.12. The minimum atomic E-state index is -3.44. The van der Waals surface area contributed by atoms with E-state index in [9.17, 15) is 8.42 Å². The molecule has 2 N–H and O–H groups in total. The minimum Gasteiger partial charge on any atom is -0.324 e. The van der Waals surface area contributed by atoms with E-state index in [4.69, 9.17) is 5.73 Å². The minimum absolute atomic E-state index is 0.0199. The second-order valence-electron chi connectivity index (χ2n) is 4.87. The molecular weight excluding hydrogens is 260 g/mol. The molecule has 1 rings (SSSR count). The third-order valence-corrected chi connectivity index (χ3v) is 5.58. The summed E-state index contributed by atoms with van der Waals surface area (Å²) in [5.41, 5.74) is 6.82. The van der Waals surface area contributed by atoms with Gasteiger partial charge in [0.25, 0.3) is 0 Å². The second-order valence-corrected chi connectivity index (χ2v) is 6.86. The van der Waals surface area contributed by atoms with Crippen LogP contribution in [0, 0.1) is 0 Å². The summed E-state index contributed by atoms with van der Waals surface area (Å²) in [6.45, 7) is 5.86. The van der Waals surface area contributed by atoms with Gasteiger partial charge in [-0.2, -0.15) is 4.31 Å². The van der Waals surface area contributed by atoms with Crippen molar-refractivity contribution in [3.63, 3.8) is 0 Å². The SMILES string of the molecule is CCC(N)c1cccc(S(=O)(=O)N(C)C(C)CC)c1. The normalized spacial score (nSPS) is 15.5. The molecular formula is C14H24N2O2S. The molecule has 2 unspecified atom stereocenters. The Kier molecular flexibility index (Phi) is 5.52. The molecule has 0 aromatic heterocycles. The molecule has 0 amide bonds. The summed E-state index contributed by atoms with van der Waals surface area (Å²) in [4.78, 5) is 0.316. The molecule has 5 heteroatoms. The van der Waals surface area contributed by atoms with E-state index in [0.717, 1.165) is 18.4 Å². The first-order valence-electron chi connectivity index (χ1n) is 6.68. The molecule has 0 aliphatic heterocycles. The fraction of sp³-hybridized carbons (Fsp3) is 0.571. The number of nitrogens with two attached hydrogens (primary N) is 1. The molecule has 4 nitrogen and oxygen atoms in total. The maximum atomic E-state index is 12.5. The van der Waals surface area contributed by atoms with E-state index >= 15 is 0 Å². The molecule has 0 fully saturated rings. The topological polar surface area (TPSA) is 63.4 Å². The number of rotatable bonds is 6. The third-order valence-electron chi connectivity index (χ3n) is 3.61. The molecule has 19 heavy (non-hydrogen) atoms. The maximum Gasteiger partial charge on any atom is 0.243 e. The zero-order valence-corrected chi connectivity index (χ0v) is 12.9. The van der Waals surface area contributed by atoms with Gasteiger partial charge in [-0.25, -0.2) is 8.42 Å². The van der Waals surface area contributed by atoms with Gasteiger partial charge < -0.3 is 5.73 Å². The Morgan fingerprint density at radius 3 is 2.42 bits per heavy atom. The number of hydrogen-bond donors (Lipinski definition) is 1. The van der Waals surface area contributed by atoms with E-state index in [1.165, 1.54) is 4.31 Å². The lowest BCUT2D eigenvalue weighted by Crippen LogP contribution is -2.34. The highest BCUT2D eigenvalue weighted by Gasteiger charge is 2.24. The Hall–Kier alpha value is -0.910. The average molecular weight is 284 g/mol. The molecule has 0 spiro atoms. The van der Waals surface area contributed by atoms with Crippen LogP contribution in [0.25, 0.3) is 0 Å². The quantitative estimate of drug-likeness (QED) is 0.873. The van der Waals surface area contributed by atoms with Crippen LogP contribution in [0.2, 0.25) is 0 Å². The van der Waals surface area contributed by atoms with Gasteiger partial charge in [0.1, 0.15) is 0 Å². The summed E-state index contributed by atoms with van der Waals surface area (Å²) in [6, 6.07) is 6.79. The van der Waals surface area contributed by atoms with Gasteiger partial charge >= 0.3 is 0 Å². The van der Waals surface area contributed by atoms with E-state index in [-0.39, 0.29) is 12.1 Å². The van der Waals surface area contributed by atoms with Crippen molar-refractivity contribution in [3.8, 4) is 0 Å². The molecule has 0 aliphatic carbocycles. The third kappa shape index (κ3) is 3.55. The highest BCUT2D eigenvalue weighted by atomic mass is 32.2. The number of benzene rings is 1. The van der Waals surface area contributed by atoms with Crippen molar-refractivity contribution in [2.75, 3.05) is 7.05 Å². The Morgan fingerprint density at radius 2 is 1.89 bits per heavy atom. The number of sulfonamides is 1. The summed E-state index contributed by atoms with van der Waals surface area (Å²) in [5, 5.41) is 0. The van der Waals surface area contributed by atoms with E-state index < -0.39 is 10.0 Å². The van der Waals surface area contributed by atoms with Gasteiger partial charge in [-0.1, -0.05) is 26.0 Å². The summed E-state index contributed by atoms with van der Waals surface area (Å²) in [6.07, 6.45) is 1.56. The van der Waals surface area contributed by atoms with Crippen LogP contribution in [0.15, 0.2) is 29.2 Å². The number of nitrogens with zero attached hydrogens (tertiary/aromatic N) is 1. The molecule has 0 saturated carbocycles. The molecule has 0 aliphatic rings. The molecule has 108 valence electrons. The van der Waals surface area contributed by atoms with Gasteiger partial charge in [-0.3, -0.25) is 0 Å². The summed E-state index contributed by atoms with van der Waals surface area (Å²) >= 11 is 0. The van der Waals surface area contributed by atoms with Crippen molar-refractivity contribution in [2.24, 2.45) is 5.73 Å². The van der Waals surface area contributed by atoms with Gasteiger partial charge in [-0.05, 0) is 37.5 Å². The zero-order chi connectivity index (χ0) is 14.6. The summed E-state index contributed by atoms with van der Waals surface area (Å²) in [7, 11) is -1.82. The first kappa shape index (κ1) is 16.1. The maximum absolute atomic E-state index is 12.5. The van der Waals surface area contributed by atoms with Crippen LogP contribution in [0.4, 0.5) is 0 Å². The molecule has 0 saturated heterocycles. The largest absolute Gasteiger partial charge is 0.324 e. The van der Waals surface area contributed by atoms with Crippen LogP contribution in [0.3, 0.4) is 0 Å². The Balaban J connectivity index is 3.15. The van der Waals surface area contributed by atoms with Gasteiger partial charge in [0.2, 0.25) is 10.0 Å². The van der Waals surface area contributed by atoms with Gasteiger partial charge in [0.05, 0.1) is 4.90 Å². The second kappa shape index (κ2) is 6.50. The Bertz CT molecular complexity index is 514. The van der Waals surface area contributed by atoms with Crippen LogP contribution in [0.5, 0.6) is 0 Å². The molecule has 0 bridgehead atoms. The van der Waals surface area contributed by atoms with Crippen LogP contribution >= 0.6 is 0 Å². The predicted molar refractivity (Wildman–Crippen MR) is 78.4 cm³/mol. The van der Waals surface area contributed by atoms with Crippen LogP contribution in [0.1, 0.15) is 45.2 Å². The molecule has 2 atom stereocenters. The van der Waals surface area contributed by atoms with Crippen molar-refractivity contribution in [1.29, 1.82) is 0 Å². The molecule has 0 radical (unpaired) electrons. The van der Waals surface area contributed by atoms with Crippen molar-refractivity contribution in [1.82, 2.24) is 4.31 Å². The highest BCUT2D eigenvalue weighted by Crippen LogP contribution is 2.22. The van der Waals surface area contributed by atoms with Crippen LogP contribution in [-0.2, 0) is 10.0 Å². The summed E-state index contributed by atoms with van der Waals surface area (Å²) < 4.78 is 26.4. The fourth-order valence-corrected chi connectivity index (χ4v) is 3.29. The summed E-state index contributed by atoms with van der Waals surface area (Å²) in [5.74, 6) is 0. The van der Waals surface area contributed by atoms with E-state index in [2.05, 4.69) is 0 Å². The van der Waals surface area contributed by atoms with Gasteiger partial charge in [-0.15, -0.1) is 0 Å². The van der Waals surface area contributed by atoms with Crippen molar-refractivity contribution in [3.05, 3.63) is 29.8 Å². The Morgan fingerprint density at radius 1 is 1.26 bits per heavy atom. The van der Waals surface area contributed by atoms with Crippen molar-refractivity contribution in [2.45, 2.75) is 50.6 Å².